The monoisotopic (exact) mass is 368 g/mol. The van der Waals surface area contributed by atoms with Crippen molar-refractivity contribution in [3.05, 3.63) is 68.8 Å². The third-order valence-corrected chi connectivity index (χ3v) is 4.01. The first-order valence-corrected chi connectivity index (χ1v) is 8.21. The Labute approximate surface area is 153 Å². The fourth-order valence-corrected chi connectivity index (χ4v) is 2.81. The van der Waals surface area contributed by atoms with Gasteiger partial charge in [0.1, 0.15) is 5.75 Å². The first-order valence-electron chi connectivity index (χ1n) is 7.81. The lowest BCUT2D eigenvalue weighted by atomic mass is 10.0. The molecule has 0 unspecified atom stereocenters. The minimum atomic E-state index is -0.416. The van der Waals surface area contributed by atoms with Crippen molar-refractivity contribution in [1.29, 1.82) is 0 Å². The maximum atomic E-state index is 12.0. The second-order valence-electron chi connectivity index (χ2n) is 5.70. The van der Waals surface area contributed by atoms with Crippen molar-refractivity contribution in [2.24, 2.45) is 5.10 Å². The van der Waals surface area contributed by atoms with Gasteiger partial charge in [0.05, 0.1) is 12.1 Å². The van der Waals surface area contributed by atoms with Gasteiger partial charge in [-0.25, -0.2) is 5.43 Å². The summed E-state index contributed by atoms with van der Waals surface area (Å²) >= 11 is 4.86. The molecule has 2 aromatic carbocycles. The smallest absolute Gasteiger partial charge is 0.251 e. The van der Waals surface area contributed by atoms with Gasteiger partial charge in [0.25, 0.3) is 5.56 Å². The lowest BCUT2D eigenvalue weighted by molar-refractivity contribution is -0.120. The van der Waals surface area contributed by atoms with Crippen LogP contribution in [0.4, 0.5) is 0 Å². The van der Waals surface area contributed by atoms with E-state index in [9.17, 15) is 14.7 Å². The largest absolute Gasteiger partial charge is 0.507 e. The van der Waals surface area contributed by atoms with Crippen LogP contribution < -0.4 is 11.0 Å². The number of phenols is 1. The van der Waals surface area contributed by atoms with Crippen LogP contribution in [0.5, 0.6) is 5.75 Å². The molecule has 0 aliphatic carbocycles. The van der Waals surface area contributed by atoms with Crippen molar-refractivity contribution in [3.63, 3.8) is 0 Å². The molecular formula is C18H16N4O3S. The zero-order chi connectivity index (χ0) is 18.7. The van der Waals surface area contributed by atoms with Gasteiger partial charge in [-0.2, -0.15) is 5.10 Å². The summed E-state index contributed by atoms with van der Waals surface area (Å²) in [5, 5.41) is 16.1. The molecule has 4 N–H and O–H groups in total. The van der Waals surface area contributed by atoms with Crippen molar-refractivity contribution < 1.29 is 9.90 Å². The number of hydrogen-bond acceptors (Lipinski definition) is 5. The number of carbonyl (C=O) groups is 1. The van der Waals surface area contributed by atoms with Gasteiger partial charge in [-0.05, 0) is 30.6 Å². The van der Waals surface area contributed by atoms with E-state index in [1.54, 1.807) is 13.0 Å². The Hall–Kier alpha value is -3.26. The molecule has 0 radical (unpaired) electrons. The van der Waals surface area contributed by atoms with E-state index in [0.29, 0.717) is 22.4 Å². The number of aromatic amines is 2. The van der Waals surface area contributed by atoms with Gasteiger partial charge in [0, 0.05) is 22.7 Å². The highest BCUT2D eigenvalue weighted by molar-refractivity contribution is 7.71. The number of H-pyrrole nitrogens is 2. The average molecular weight is 368 g/mol. The Balaban J connectivity index is 1.77. The van der Waals surface area contributed by atoms with Crippen LogP contribution in [-0.4, -0.2) is 26.7 Å². The molecule has 8 heteroatoms. The summed E-state index contributed by atoms with van der Waals surface area (Å²) in [5.74, 6) is -0.307. The van der Waals surface area contributed by atoms with Crippen LogP contribution in [0, 0.1) is 4.77 Å². The minimum Gasteiger partial charge on any atom is -0.507 e. The second-order valence-corrected chi connectivity index (χ2v) is 6.11. The Morgan fingerprint density at radius 1 is 1.23 bits per heavy atom. The Morgan fingerprint density at radius 2 is 2.00 bits per heavy atom. The second kappa shape index (κ2) is 7.32. The number of nitrogens with zero attached hydrogens (tertiary/aromatic N) is 1. The molecule has 0 saturated carbocycles. The van der Waals surface area contributed by atoms with Crippen LogP contribution in [0.25, 0.3) is 10.8 Å². The molecule has 0 fully saturated rings. The highest BCUT2D eigenvalue weighted by Crippen LogP contribution is 2.28. The van der Waals surface area contributed by atoms with Crippen LogP contribution in [-0.2, 0) is 11.2 Å². The normalized spacial score (nSPS) is 11.5. The number of nitrogens with one attached hydrogen (secondary N) is 3. The molecule has 7 nitrogen and oxygen atoms in total. The van der Waals surface area contributed by atoms with E-state index < -0.39 is 5.91 Å². The quantitative estimate of drug-likeness (QED) is 0.322. The summed E-state index contributed by atoms with van der Waals surface area (Å²) in [4.78, 5) is 28.5. The van der Waals surface area contributed by atoms with Gasteiger partial charge in [-0.15, -0.1) is 0 Å². The summed E-state index contributed by atoms with van der Waals surface area (Å²) in [6, 6.07) is 12.3. The van der Waals surface area contributed by atoms with Crippen LogP contribution >= 0.6 is 12.2 Å². The number of phenolic OH excluding ortho intramolecular Hbond substituents is 1. The molecule has 0 saturated heterocycles. The molecule has 1 heterocycles. The molecule has 0 spiro atoms. The minimum absolute atomic E-state index is 0.0754. The molecular weight excluding hydrogens is 352 g/mol. The number of carbonyl (C=O) groups excluding carboxylic acids is 1. The van der Waals surface area contributed by atoms with Crippen molar-refractivity contribution in [3.8, 4) is 5.75 Å². The van der Waals surface area contributed by atoms with Crippen LogP contribution in [0.2, 0.25) is 0 Å². The first kappa shape index (κ1) is 17.6. The molecule has 1 aromatic heterocycles. The first-order chi connectivity index (χ1) is 12.4. The lowest BCUT2D eigenvalue weighted by Crippen LogP contribution is -2.23. The molecule has 0 atom stereocenters. The number of hydrogen-bond donors (Lipinski definition) is 4. The van der Waals surface area contributed by atoms with E-state index in [1.165, 1.54) is 6.07 Å². The molecule has 3 aromatic rings. The molecule has 0 aliphatic heterocycles. The Bertz CT molecular complexity index is 1100. The van der Waals surface area contributed by atoms with E-state index in [0.717, 1.165) is 5.39 Å². The lowest BCUT2D eigenvalue weighted by Gasteiger charge is -2.08. The number of rotatable bonds is 4. The fourth-order valence-electron chi connectivity index (χ4n) is 2.58. The third kappa shape index (κ3) is 3.86. The van der Waals surface area contributed by atoms with Gasteiger partial charge in [-0.1, -0.05) is 30.3 Å². The molecule has 26 heavy (non-hydrogen) atoms. The predicted octanol–water partition coefficient (Wildman–Crippen LogP) is 2.37. The standard InChI is InChI=1S/C18H16N4O3S/c1-10(13-7-6-11-4-2-3-5-14(11)17(13)25)21-22-16(24)9-12-8-15(23)20-18(26)19-12/h2-8,25H,9H2,1H3,(H,22,24)(H2,19,20,23,26)/b21-10+. The maximum absolute atomic E-state index is 12.0. The molecule has 3 rings (SSSR count). The van der Waals surface area contributed by atoms with Gasteiger partial charge in [-0.3, -0.25) is 14.6 Å². The summed E-state index contributed by atoms with van der Waals surface area (Å²) in [7, 11) is 0. The summed E-state index contributed by atoms with van der Waals surface area (Å²) in [6.45, 7) is 1.69. The zero-order valence-electron chi connectivity index (χ0n) is 13.9. The molecule has 0 bridgehead atoms. The van der Waals surface area contributed by atoms with E-state index >= 15 is 0 Å². The number of aromatic hydroxyl groups is 1. The van der Waals surface area contributed by atoms with Crippen LogP contribution in [0.3, 0.4) is 0 Å². The van der Waals surface area contributed by atoms with Crippen molar-refractivity contribution >= 4 is 34.6 Å². The Kier molecular flexibility index (Phi) is 4.94. The number of benzene rings is 2. The highest BCUT2D eigenvalue weighted by atomic mass is 32.1. The molecule has 1 amide bonds. The van der Waals surface area contributed by atoms with Crippen LogP contribution in [0.15, 0.2) is 52.4 Å². The molecule has 132 valence electrons. The molecule has 0 aliphatic rings. The van der Waals surface area contributed by atoms with E-state index in [2.05, 4.69) is 20.5 Å². The number of fused-ring (bicyclic) bond motifs is 1. The van der Waals surface area contributed by atoms with Gasteiger partial charge in [0.15, 0.2) is 4.77 Å². The van der Waals surface area contributed by atoms with E-state index in [-0.39, 0.29) is 22.5 Å². The summed E-state index contributed by atoms with van der Waals surface area (Å²) in [5.41, 5.74) is 3.41. The summed E-state index contributed by atoms with van der Waals surface area (Å²) < 4.78 is 0.154. The zero-order valence-corrected chi connectivity index (χ0v) is 14.7. The SMILES string of the molecule is C/C(=N\NC(=O)Cc1cc(=O)[nH]c(=S)[nH]1)c1ccc2ccccc2c1O. The maximum Gasteiger partial charge on any atom is 0.251 e. The third-order valence-electron chi connectivity index (χ3n) is 3.81. The Morgan fingerprint density at radius 3 is 2.77 bits per heavy atom. The fraction of sp³-hybridized carbons (Fsp3) is 0.111. The average Bonchev–Trinajstić information content (AvgIpc) is 2.59. The number of hydrazone groups is 1. The van der Waals surface area contributed by atoms with E-state index in [4.69, 9.17) is 12.2 Å². The van der Waals surface area contributed by atoms with E-state index in [1.807, 2.05) is 30.3 Å². The van der Waals surface area contributed by atoms with Gasteiger partial charge in [0.2, 0.25) is 5.91 Å². The van der Waals surface area contributed by atoms with Crippen molar-refractivity contribution in [2.45, 2.75) is 13.3 Å². The highest BCUT2D eigenvalue weighted by Gasteiger charge is 2.10. The number of amides is 1. The van der Waals surface area contributed by atoms with Gasteiger partial charge < -0.3 is 10.1 Å². The van der Waals surface area contributed by atoms with Crippen molar-refractivity contribution in [2.75, 3.05) is 0 Å². The number of aromatic nitrogens is 2. The van der Waals surface area contributed by atoms with Gasteiger partial charge >= 0.3 is 0 Å². The topological polar surface area (TPSA) is 110 Å². The summed E-state index contributed by atoms with van der Waals surface area (Å²) in [6.07, 6.45) is -0.0754. The van der Waals surface area contributed by atoms with Crippen molar-refractivity contribution in [1.82, 2.24) is 15.4 Å². The predicted molar refractivity (Wildman–Crippen MR) is 102 cm³/mol. The van der Waals surface area contributed by atoms with Crippen LogP contribution in [0.1, 0.15) is 18.2 Å².